The maximum Gasteiger partial charge on any atom is 0.0326 e. The van der Waals surface area contributed by atoms with E-state index in [1.807, 2.05) is 0 Å². The monoisotopic (exact) mass is 240 g/mol. The maximum absolute atomic E-state index is 6.03. The highest BCUT2D eigenvalue weighted by Crippen LogP contribution is 2.40. The van der Waals surface area contributed by atoms with Crippen LogP contribution in [-0.2, 0) is 0 Å². The quantitative estimate of drug-likeness (QED) is 0.799. The molecule has 1 unspecified atom stereocenters. The van der Waals surface area contributed by atoms with Crippen LogP contribution < -0.4 is 5.73 Å². The van der Waals surface area contributed by atoms with Crippen LogP contribution in [0.2, 0.25) is 0 Å². The minimum absolute atomic E-state index is 0.188. The van der Waals surface area contributed by atoms with Crippen LogP contribution in [0.1, 0.15) is 60.3 Å². The minimum atomic E-state index is 0.188. The normalized spacial score (nSPS) is 24.9. The molecule has 1 atom stereocenters. The Morgan fingerprint density at radius 2 is 1.65 bits per heavy atom. The average Bonchev–Trinajstić information content (AvgIpc) is 2.37. The Kier molecular flexibility index (Phi) is 5.03. The lowest BCUT2D eigenvalue weighted by molar-refractivity contribution is 0.00184. The first kappa shape index (κ1) is 15.0. The van der Waals surface area contributed by atoms with E-state index in [1.165, 1.54) is 38.8 Å². The average molecular weight is 240 g/mol. The van der Waals surface area contributed by atoms with Gasteiger partial charge in [0.05, 0.1) is 0 Å². The van der Waals surface area contributed by atoms with E-state index >= 15 is 0 Å². The number of piperidine rings is 1. The topological polar surface area (TPSA) is 29.3 Å². The molecule has 1 aliphatic rings. The molecule has 0 aromatic carbocycles. The molecule has 1 rings (SSSR count). The van der Waals surface area contributed by atoms with Crippen molar-refractivity contribution in [2.24, 2.45) is 17.1 Å². The maximum atomic E-state index is 6.03. The highest BCUT2D eigenvalue weighted by atomic mass is 15.2. The van der Waals surface area contributed by atoms with Gasteiger partial charge in [0.2, 0.25) is 0 Å². The van der Waals surface area contributed by atoms with Crippen molar-refractivity contribution < 1.29 is 0 Å². The third-order valence-corrected chi connectivity index (χ3v) is 5.70. The van der Waals surface area contributed by atoms with Gasteiger partial charge in [0.25, 0.3) is 0 Å². The molecule has 1 saturated heterocycles. The van der Waals surface area contributed by atoms with E-state index in [4.69, 9.17) is 5.73 Å². The molecule has 0 amide bonds. The van der Waals surface area contributed by atoms with E-state index in [0.29, 0.717) is 11.3 Å². The second-order valence-electron chi connectivity index (χ2n) is 6.41. The number of hydrogen-bond acceptors (Lipinski definition) is 2. The van der Waals surface area contributed by atoms with E-state index in [1.54, 1.807) is 0 Å². The van der Waals surface area contributed by atoms with Gasteiger partial charge in [0.15, 0.2) is 0 Å². The van der Waals surface area contributed by atoms with Crippen molar-refractivity contribution in [3.8, 4) is 0 Å². The Morgan fingerprint density at radius 3 is 1.94 bits per heavy atom. The van der Waals surface area contributed by atoms with Crippen LogP contribution in [0.25, 0.3) is 0 Å². The summed E-state index contributed by atoms with van der Waals surface area (Å²) in [5, 5.41) is 0. The van der Waals surface area contributed by atoms with Gasteiger partial charge in [0, 0.05) is 12.1 Å². The van der Waals surface area contributed by atoms with E-state index in [9.17, 15) is 0 Å². The van der Waals surface area contributed by atoms with Gasteiger partial charge < -0.3 is 5.73 Å². The van der Waals surface area contributed by atoms with Crippen molar-refractivity contribution in [1.29, 1.82) is 0 Å². The largest absolute Gasteiger partial charge is 0.329 e. The van der Waals surface area contributed by atoms with Gasteiger partial charge in [-0.15, -0.1) is 0 Å². The number of likely N-dealkylation sites (tertiary alicyclic amines) is 1. The molecule has 1 heterocycles. The summed E-state index contributed by atoms with van der Waals surface area (Å²) in [6.07, 6.45) is 5.36. The SMILES string of the molecule is CCC1(CC)CCN(C(C)(CN)C(C)C)CC1. The van der Waals surface area contributed by atoms with Crippen molar-refractivity contribution in [3.05, 3.63) is 0 Å². The first-order valence-corrected chi connectivity index (χ1v) is 7.39. The van der Waals surface area contributed by atoms with Crippen LogP contribution in [0.3, 0.4) is 0 Å². The van der Waals surface area contributed by atoms with Gasteiger partial charge in [-0.05, 0) is 44.2 Å². The summed E-state index contributed by atoms with van der Waals surface area (Å²) in [6, 6.07) is 0. The molecule has 0 radical (unpaired) electrons. The van der Waals surface area contributed by atoms with Crippen LogP contribution in [-0.4, -0.2) is 30.1 Å². The Morgan fingerprint density at radius 1 is 1.18 bits per heavy atom. The molecular formula is C15H32N2. The zero-order valence-corrected chi connectivity index (χ0v) is 12.6. The van der Waals surface area contributed by atoms with E-state index in [-0.39, 0.29) is 5.54 Å². The molecule has 1 fully saturated rings. The summed E-state index contributed by atoms with van der Waals surface area (Å²) in [7, 11) is 0. The fourth-order valence-corrected chi connectivity index (χ4v) is 3.18. The van der Waals surface area contributed by atoms with Crippen LogP contribution >= 0.6 is 0 Å². The lowest BCUT2D eigenvalue weighted by Crippen LogP contribution is -2.58. The third kappa shape index (κ3) is 2.85. The molecule has 17 heavy (non-hydrogen) atoms. The fourth-order valence-electron chi connectivity index (χ4n) is 3.18. The zero-order chi connectivity index (χ0) is 13.1. The lowest BCUT2D eigenvalue weighted by Gasteiger charge is -2.50. The highest BCUT2D eigenvalue weighted by molar-refractivity contribution is 4.95. The van der Waals surface area contributed by atoms with Crippen molar-refractivity contribution in [2.75, 3.05) is 19.6 Å². The smallest absolute Gasteiger partial charge is 0.0326 e. The second-order valence-corrected chi connectivity index (χ2v) is 6.41. The number of rotatable bonds is 5. The first-order chi connectivity index (χ1) is 7.94. The molecule has 0 aromatic heterocycles. The molecule has 0 aliphatic carbocycles. The van der Waals surface area contributed by atoms with Crippen molar-refractivity contribution in [2.45, 2.75) is 65.8 Å². The van der Waals surface area contributed by atoms with Crippen LogP contribution in [0.15, 0.2) is 0 Å². The van der Waals surface area contributed by atoms with Gasteiger partial charge in [-0.1, -0.05) is 40.5 Å². The number of nitrogens with two attached hydrogens (primary N) is 1. The Hall–Kier alpha value is -0.0800. The van der Waals surface area contributed by atoms with E-state index in [2.05, 4.69) is 39.5 Å². The zero-order valence-electron chi connectivity index (χ0n) is 12.6. The molecule has 0 saturated carbocycles. The summed E-state index contributed by atoms with van der Waals surface area (Å²) < 4.78 is 0. The predicted octanol–water partition coefficient (Wildman–Crippen LogP) is 3.26. The standard InChI is InChI=1S/C15H32N2/c1-6-15(7-2)8-10-17(11-9-15)14(5,12-16)13(3)4/h13H,6-12,16H2,1-5H3. The second kappa shape index (κ2) is 5.71. The molecule has 2 N–H and O–H groups in total. The summed E-state index contributed by atoms with van der Waals surface area (Å²) >= 11 is 0. The number of nitrogens with zero attached hydrogens (tertiary/aromatic N) is 1. The molecule has 2 nitrogen and oxygen atoms in total. The van der Waals surface area contributed by atoms with Crippen LogP contribution in [0, 0.1) is 11.3 Å². The van der Waals surface area contributed by atoms with Gasteiger partial charge >= 0.3 is 0 Å². The molecule has 2 heteroatoms. The van der Waals surface area contributed by atoms with Gasteiger partial charge in [-0.2, -0.15) is 0 Å². The van der Waals surface area contributed by atoms with Crippen molar-refractivity contribution >= 4 is 0 Å². The molecular weight excluding hydrogens is 208 g/mol. The first-order valence-electron chi connectivity index (χ1n) is 7.39. The predicted molar refractivity (Wildman–Crippen MR) is 76.1 cm³/mol. The minimum Gasteiger partial charge on any atom is -0.329 e. The Bertz CT molecular complexity index is 223. The van der Waals surface area contributed by atoms with Crippen LogP contribution in [0.4, 0.5) is 0 Å². The summed E-state index contributed by atoms with van der Waals surface area (Å²) in [4.78, 5) is 2.64. The van der Waals surface area contributed by atoms with Crippen LogP contribution in [0.5, 0.6) is 0 Å². The van der Waals surface area contributed by atoms with E-state index < -0.39 is 0 Å². The van der Waals surface area contributed by atoms with Gasteiger partial charge in [-0.25, -0.2) is 0 Å². The fraction of sp³-hybridized carbons (Fsp3) is 1.00. The highest BCUT2D eigenvalue weighted by Gasteiger charge is 2.39. The third-order valence-electron chi connectivity index (χ3n) is 5.70. The van der Waals surface area contributed by atoms with Gasteiger partial charge in [-0.3, -0.25) is 4.90 Å². The van der Waals surface area contributed by atoms with Crippen molar-refractivity contribution in [1.82, 2.24) is 4.90 Å². The molecule has 0 aromatic rings. The summed E-state index contributed by atoms with van der Waals surface area (Å²) in [5.41, 5.74) is 6.83. The molecule has 1 aliphatic heterocycles. The van der Waals surface area contributed by atoms with Crippen molar-refractivity contribution in [3.63, 3.8) is 0 Å². The Labute approximate surface area is 108 Å². The Balaban J connectivity index is 2.68. The van der Waals surface area contributed by atoms with Gasteiger partial charge in [0.1, 0.15) is 0 Å². The molecule has 0 bridgehead atoms. The van der Waals surface area contributed by atoms with E-state index in [0.717, 1.165) is 6.54 Å². The summed E-state index contributed by atoms with van der Waals surface area (Å²) in [6.45, 7) is 14.9. The molecule has 0 spiro atoms. The lowest BCUT2D eigenvalue weighted by atomic mass is 9.72. The number of hydrogen-bond donors (Lipinski definition) is 1. The summed E-state index contributed by atoms with van der Waals surface area (Å²) in [5.74, 6) is 0.628. The molecule has 102 valence electrons.